The zero-order valence-electron chi connectivity index (χ0n) is 37.8. The predicted molar refractivity (Wildman–Crippen MR) is 260 cm³/mol. The molecular formula is C51H53Cl3N6O5. The number of hydrogen-bond acceptors (Lipinski definition) is 6. The van der Waals surface area contributed by atoms with Gasteiger partial charge in [0, 0.05) is 84.5 Å². The standard InChI is InChI=1S/C51H53Cl3N6O5/c1-28-24-37(25-29(2)45(28)54)64-23-9-12-39-38-10-8-11-40(43-31(4)55-57(7)32(43)5)46(38)59-21-22-60(50(61)47(39)59)49-44(51(62)63)42-30(3)33(26-41(53)48(42)56(49)6)27-58-19-17-36(18-20-58)65-35-15-13-34(52)14-16-35/h8,10-11,13-16,24-26,36H,9,12,17-23,27H2,1-7H3,(H,62,63). The zero-order valence-corrected chi connectivity index (χ0v) is 40.1. The van der Waals surface area contributed by atoms with Crippen LogP contribution < -0.4 is 14.4 Å². The van der Waals surface area contributed by atoms with E-state index in [1.807, 2.05) is 95.0 Å². The first-order valence-corrected chi connectivity index (χ1v) is 23.3. The summed E-state index contributed by atoms with van der Waals surface area (Å²) in [7, 11) is 3.75. The lowest BCUT2D eigenvalue weighted by atomic mass is 9.98. The summed E-state index contributed by atoms with van der Waals surface area (Å²) in [4.78, 5) is 33.0. The molecule has 1 N–H and O–H groups in total. The van der Waals surface area contributed by atoms with E-state index in [9.17, 15) is 9.90 Å². The SMILES string of the molecule is Cc1cc(OCCCc2c3n(c4c(-c5c(C)nn(C)c5C)cccc24)CCN(c2c(C(=O)O)c4c(C)c(CN5CCC(Oc6ccc(Cl)cc6)CC5)cc(Cl)c4n2C)C3=O)cc(C)c1Cl. The number of aromatic nitrogens is 4. The van der Waals surface area contributed by atoms with E-state index in [4.69, 9.17) is 49.4 Å². The molecule has 3 aromatic heterocycles. The van der Waals surface area contributed by atoms with Crippen LogP contribution >= 0.6 is 34.8 Å². The van der Waals surface area contributed by atoms with Gasteiger partial charge in [0.1, 0.15) is 34.7 Å². The van der Waals surface area contributed by atoms with Crippen LogP contribution in [0.15, 0.2) is 60.7 Å². The van der Waals surface area contributed by atoms with E-state index in [1.165, 1.54) is 0 Å². The Hall–Kier alpha value is -5.46. The van der Waals surface area contributed by atoms with Crippen LogP contribution in [0.3, 0.4) is 0 Å². The second-order valence-electron chi connectivity index (χ2n) is 17.6. The first kappa shape index (κ1) is 44.7. The number of halogens is 3. The van der Waals surface area contributed by atoms with Gasteiger partial charge in [-0.3, -0.25) is 19.3 Å². The number of likely N-dealkylation sites (tertiary alicyclic amines) is 1. The fourth-order valence-electron chi connectivity index (χ4n) is 10.2. The van der Waals surface area contributed by atoms with Crippen molar-refractivity contribution >= 4 is 74.3 Å². The average Bonchev–Trinajstić information content (AvgIpc) is 3.87. The highest BCUT2D eigenvalue weighted by Gasteiger charge is 2.38. The average molecular weight is 936 g/mol. The van der Waals surface area contributed by atoms with Crippen molar-refractivity contribution in [2.45, 2.75) is 79.5 Å². The maximum absolute atomic E-state index is 15.4. The maximum Gasteiger partial charge on any atom is 0.340 e. The van der Waals surface area contributed by atoms with E-state index in [2.05, 4.69) is 28.5 Å². The fraction of sp³-hybridized carbons (Fsp3) is 0.353. The predicted octanol–water partition coefficient (Wildman–Crippen LogP) is 11.4. The Morgan fingerprint density at radius 2 is 1.58 bits per heavy atom. The molecule has 11 nitrogen and oxygen atoms in total. The van der Waals surface area contributed by atoms with Crippen molar-refractivity contribution in [3.63, 3.8) is 0 Å². The third-order valence-electron chi connectivity index (χ3n) is 13.5. The molecule has 338 valence electrons. The molecule has 0 spiro atoms. The van der Waals surface area contributed by atoms with Crippen molar-refractivity contribution in [3.05, 3.63) is 126 Å². The van der Waals surface area contributed by atoms with Gasteiger partial charge in [0.15, 0.2) is 0 Å². The number of carboxylic acids is 1. The lowest BCUT2D eigenvalue weighted by Crippen LogP contribution is -2.42. The number of nitrogens with zero attached hydrogens (tertiary/aromatic N) is 6. The van der Waals surface area contributed by atoms with Crippen LogP contribution in [-0.2, 0) is 33.6 Å². The molecule has 1 amide bonds. The van der Waals surface area contributed by atoms with Gasteiger partial charge >= 0.3 is 5.97 Å². The van der Waals surface area contributed by atoms with Gasteiger partial charge in [0.25, 0.3) is 5.91 Å². The minimum absolute atomic E-state index is 0.0718. The lowest BCUT2D eigenvalue weighted by Gasteiger charge is -2.32. The lowest BCUT2D eigenvalue weighted by molar-refractivity contribution is 0.0699. The van der Waals surface area contributed by atoms with Gasteiger partial charge in [-0.1, -0.05) is 53.0 Å². The van der Waals surface area contributed by atoms with E-state index < -0.39 is 5.97 Å². The van der Waals surface area contributed by atoms with Crippen LogP contribution in [-0.4, -0.2) is 73.1 Å². The number of aryl methyl sites for hydroxylation is 7. The molecule has 9 rings (SSSR count). The summed E-state index contributed by atoms with van der Waals surface area (Å²) in [5, 5.41) is 19.2. The number of amides is 1. The topological polar surface area (TPSA) is 107 Å². The van der Waals surface area contributed by atoms with Crippen molar-refractivity contribution in [2.75, 3.05) is 31.1 Å². The molecule has 0 aliphatic carbocycles. The summed E-state index contributed by atoms with van der Waals surface area (Å²) in [6, 6.07) is 19.5. The van der Waals surface area contributed by atoms with Crippen LogP contribution in [0.2, 0.25) is 15.1 Å². The van der Waals surface area contributed by atoms with E-state index in [0.717, 1.165) is 104 Å². The number of carbonyl (C=O) groups excluding carboxylic acids is 1. The molecule has 1 fully saturated rings. The molecule has 65 heavy (non-hydrogen) atoms. The number of benzene rings is 4. The van der Waals surface area contributed by atoms with E-state index in [0.29, 0.717) is 65.0 Å². The Kier molecular flexibility index (Phi) is 12.2. The number of carbonyl (C=O) groups is 2. The highest BCUT2D eigenvalue weighted by Crippen LogP contribution is 2.44. The number of piperidine rings is 1. The monoisotopic (exact) mass is 934 g/mol. The van der Waals surface area contributed by atoms with Crippen molar-refractivity contribution in [1.29, 1.82) is 0 Å². The zero-order chi connectivity index (χ0) is 46.0. The smallest absolute Gasteiger partial charge is 0.340 e. The molecule has 2 aliphatic heterocycles. The number of aromatic carboxylic acids is 1. The largest absolute Gasteiger partial charge is 0.494 e. The molecule has 4 aromatic carbocycles. The molecule has 5 heterocycles. The maximum atomic E-state index is 15.4. The molecule has 0 bridgehead atoms. The number of rotatable bonds is 12. The van der Waals surface area contributed by atoms with Crippen molar-refractivity contribution in [1.82, 2.24) is 23.8 Å². The Bertz CT molecular complexity index is 3010. The van der Waals surface area contributed by atoms with Gasteiger partial charge in [-0.2, -0.15) is 5.10 Å². The van der Waals surface area contributed by atoms with Crippen LogP contribution in [0.5, 0.6) is 11.5 Å². The number of para-hydroxylation sites is 1. The summed E-state index contributed by atoms with van der Waals surface area (Å²) in [6.45, 7) is 13.3. The van der Waals surface area contributed by atoms with Crippen molar-refractivity contribution in [2.24, 2.45) is 14.1 Å². The minimum Gasteiger partial charge on any atom is -0.494 e. The van der Waals surface area contributed by atoms with Gasteiger partial charge in [-0.05, 0) is 131 Å². The summed E-state index contributed by atoms with van der Waals surface area (Å²) in [5.74, 6) is 0.494. The van der Waals surface area contributed by atoms with Crippen molar-refractivity contribution in [3.8, 4) is 22.6 Å². The molecule has 0 atom stereocenters. The van der Waals surface area contributed by atoms with Crippen molar-refractivity contribution < 1.29 is 24.2 Å². The number of hydrogen-bond donors (Lipinski definition) is 1. The summed E-state index contributed by atoms with van der Waals surface area (Å²) < 4.78 is 18.3. The van der Waals surface area contributed by atoms with Gasteiger partial charge in [-0.15, -0.1) is 0 Å². The molecule has 0 unspecified atom stereocenters. The third kappa shape index (κ3) is 8.04. The second kappa shape index (κ2) is 17.7. The van der Waals surface area contributed by atoms with Gasteiger partial charge in [0.05, 0.1) is 28.4 Å². The molecular weight excluding hydrogens is 883 g/mol. The first-order chi connectivity index (χ1) is 31.1. The summed E-state index contributed by atoms with van der Waals surface area (Å²) >= 11 is 19.7. The third-order valence-corrected chi connectivity index (χ3v) is 14.6. The van der Waals surface area contributed by atoms with E-state index in [-0.39, 0.29) is 24.1 Å². The minimum atomic E-state index is -1.11. The van der Waals surface area contributed by atoms with Gasteiger partial charge in [0.2, 0.25) is 0 Å². The van der Waals surface area contributed by atoms with Gasteiger partial charge < -0.3 is 23.7 Å². The quantitative estimate of drug-likeness (QED) is 0.122. The second-order valence-corrected chi connectivity index (χ2v) is 18.8. The fourth-order valence-corrected chi connectivity index (χ4v) is 10.8. The Balaban J connectivity index is 1.07. The Morgan fingerprint density at radius 1 is 0.877 bits per heavy atom. The molecule has 0 radical (unpaired) electrons. The van der Waals surface area contributed by atoms with E-state index in [1.54, 1.807) is 9.47 Å². The normalized spacial score (nSPS) is 14.8. The summed E-state index contributed by atoms with van der Waals surface area (Å²) in [6.07, 6.45) is 2.97. The highest BCUT2D eigenvalue weighted by atomic mass is 35.5. The van der Waals surface area contributed by atoms with Gasteiger partial charge in [-0.25, -0.2) is 4.79 Å². The molecule has 2 aliphatic rings. The molecule has 14 heteroatoms. The number of anilines is 1. The summed E-state index contributed by atoms with van der Waals surface area (Å²) in [5.41, 5.74) is 10.7. The molecule has 1 saturated heterocycles. The van der Waals surface area contributed by atoms with Crippen LogP contribution in [0, 0.1) is 34.6 Å². The van der Waals surface area contributed by atoms with E-state index >= 15 is 4.79 Å². The molecule has 0 saturated carbocycles. The van der Waals surface area contributed by atoms with Crippen LogP contribution in [0.25, 0.3) is 32.9 Å². The number of carboxylic acid groups (broad SMARTS) is 1. The highest BCUT2D eigenvalue weighted by molar-refractivity contribution is 6.36. The number of fused-ring (bicyclic) bond motifs is 4. The number of ether oxygens (including phenoxy) is 2. The van der Waals surface area contributed by atoms with Crippen LogP contribution in [0.4, 0.5) is 5.82 Å². The van der Waals surface area contributed by atoms with Crippen LogP contribution in [0.1, 0.15) is 79.3 Å². The Labute approximate surface area is 394 Å². The molecule has 7 aromatic rings. The first-order valence-electron chi connectivity index (χ1n) is 22.2. The Morgan fingerprint density at radius 3 is 2.25 bits per heavy atom.